The van der Waals surface area contributed by atoms with E-state index in [2.05, 4.69) is 18.8 Å². The molecule has 20 heavy (non-hydrogen) atoms. The molecule has 102 valence electrons. The molecule has 0 aromatic heterocycles. The van der Waals surface area contributed by atoms with Gasteiger partial charge in [0.25, 0.3) is 0 Å². The SMILES string of the molecule is CC#Cc1ccc(-c2ccc(CCC)cc2F)cc1F. The number of aryl methyl sites for hydroxylation is 1. The molecule has 0 aliphatic carbocycles. The molecule has 0 amide bonds. The summed E-state index contributed by atoms with van der Waals surface area (Å²) < 4.78 is 27.9. The summed E-state index contributed by atoms with van der Waals surface area (Å²) in [5.41, 5.74) is 2.24. The predicted molar refractivity (Wildman–Crippen MR) is 78.3 cm³/mol. The monoisotopic (exact) mass is 270 g/mol. The first-order valence-electron chi connectivity index (χ1n) is 6.66. The van der Waals surface area contributed by atoms with Gasteiger partial charge in [-0.3, -0.25) is 0 Å². The van der Waals surface area contributed by atoms with Crippen molar-refractivity contribution in [3.63, 3.8) is 0 Å². The van der Waals surface area contributed by atoms with E-state index in [4.69, 9.17) is 0 Å². The Morgan fingerprint density at radius 2 is 1.80 bits per heavy atom. The Hall–Kier alpha value is -2.14. The molecular weight excluding hydrogens is 254 g/mol. The Bertz CT molecular complexity index is 676. The van der Waals surface area contributed by atoms with Crippen LogP contribution < -0.4 is 0 Å². The van der Waals surface area contributed by atoms with Gasteiger partial charge in [-0.2, -0.15) is 0 Å². The van der Waals surface area contributed by atoms with E-state index in [1.165, 1.54) is 12.1 Å². The lowest BCUT2D eigenvalue weighted by atomic mass is 10.00. The van der Waals surface area contributed by atoms with Gasteiger partial charge >= 0.3 is 0 Å². The van der Waals surface area contributed by atoms with Gasteiger partial charge in [0, 0.05) is 5.56 Å². The molecule has 0 N–H and O–H groups in total. The van der Waals surface area contributed by atoms with Gasteiger partial charge in [0.15, 0.2) is 0 Å². The van der Waals surface area contributed by atoms with Gasteiger partial charge in [0.1, 0.15) is 11.6 Å². The average Bonchev–Trinajstić information content (AvgIpc) is 2.42. The normalized spacial score (nSPS) is 10.0. The molecule has 0 bridgehead atoms. The minimum atomic E-state index is -0.422. The highest BCUT2D eigenvalue weighted by molar-refractivity contribution is 5.65. The average molecular weight is 270 g/mol. The standard InChI is InChI=1S/C18H16F2/c1-3-5-13-7-10-16(18(20)11-13)15-9-8-14(6-4-2)17(19)12-15/h7-12H,3,5H2,1-2H3. The zero-order valence-electron chi connectivity index (χ0n) is 11.6. The van der Waals surface area contributed by atoms with Crippen LogP contribution in [0.5, 0.6) is 0 Å². The topological polar surface area (TPSA) is 0 Å². The van der Waals surface area contributed by atoms with E-state index in [9.17, 15) is 8.78 Å². The van der Waals surface area contributed by atoms with E-state index in [1.807, 2.05) is 6.07 Å². The summed E-state index contributed by atoms with van der Waals surface area (Å²) in [5.74, 6) is 4.59. The highest BCUT2D eigenvalue weighted by atomic mass is 19.1. The summed E-state index contributed by atoms with van der Waals surface area (Å²) in [6.07, 6.45) is 1.81. The van der Waals surface area contributed by atoms with Crippen LogP contribution in [-0.4, -0.2) is 0 Å². The fourth-order valence-electron chi connectivity index (χ4n) is 2.16. The van der Waals surface area contributed by atoms with Crippen molar-refractivity contribution in [2.45, 2.75) is 26.7 Å². The Balaban J connectivity index is 2.40. The van der Waals surface area contributed by atoms with Crippen molar-refractivity contribution >= 4 is 0 Å². The second-order valence-corrected chi connectivity index (χ2v) is 4.63. The summed E-state index contributed by atoms with van der Waals surface area (Å²) in [6, 6.07) is 9.73. The third-order valence-electron chi connectivity index (χ3n) is 3.11. The maximum absolute atomic E-state index is 14.1. The van der Waals surface area contributed by atoms with Gasteiger partial charge in [-0.15, -0.1) is 5.92 Å². The van der Waals surface area contributed by atoms with Crippen molar-refractivity contribution in [2.75, 3.05) is 0 Å². The van der Waals surface area contributed by atoms with E-state index < -0.39 is 5.82 Å². The lowest BCUT2D eigenvalue weighted by molar-refractivity contribution is 0.621. The van der Waals surface area contributed by atoms with Crippen molar-refractivity contribution in [3.05, 3.63) is 59.2 Å². The molecule has 2 aromatic rings. The smallest absolute Gasteiger partial charge is 0.139 e. The van der Waals surface area contributed by atoms with E-state index in [-0.39, 0.29) is 5.82 Å². The van der Waals surface area contributed by atoms with Crippen molar-refractivity contribution in [3.8, 4) is 23.0 Å². The number of hydrogen-bond donors (Lipinski definition) is 0. The summed E-state index contributed by atoms with van der Waals surface area (Å²) >= 11 is 0. The maximum atomic E-state index is 14.1. The lowest BCUT2D eigenvalue weighted by Crippen LogP contribution is -1.91. The first-order valence-corrected chi connectivity index (χ1v) is 6.66. The Labute approximate surface area is 118 Å². The summed E-state index contributed by atoms with van der Waals surface area (Å²) in [7, 11) is 0. The predicted octanol–water partition coefficient (Wildman–Crippen LogP) is 4.96. The summed E-state index contributed by atoms with van der Waals surface area (Å²) in [4.78, 5) is 0. The molecule has 0 atom stereocenters. The quantitative estimate of drug-likeness (QED) is 0.692. The molecule has 0 saturated carbocycles. The molecule has 0 fully saturated rings. The Morgan fingerprint density at radius 1 is 1.00 bits per heavy atom. The summed E-state index contributed by atoms with van der Waals surface area (Å²) in [5, 5.41) is 0. The van der Waals surface area contributed by atoms with Crippen LogP contribution in [0.3, 0.4) is 0 Å². The van der Waals surface area contributed by atoms with Gasteiger partial charge in [-0.1, -0.05) is 37.5 Å². The fraction of sp³-hybridized carbons (Fsp3) is 0.222. The minimum Gasteiger partial charge on any atom is -0.206 e. The second-order valence-electron chi connectivity index (χ2n) is 4.63. The van der Waals surface area contributed by atoms with Crippen LogP contribution in [0.15, 0.2) is 36.4 Å². The van der Waals surface area contributed by atoms with Crippen LogP contribution in [0.4, 0.5) is 8.78 Å². The molecule has 0 radical (unpaired) electrons. The Morgan fingerprint density at radius 3 is 2.40 bits per heavy atom. The molecule has 0 nitrogen and oxygen atoms in total. The van der Waals surface area contributed by atoms with Crippen LogP contribution in [0, 0.1) is 23.5 Å². The fourth-order valence-corrected chi connectivity index (χ4v) is 2.16. The minimum absolute atomic E-state index is 0.315. The molecule has 0 aliphatic rings. The van der Waals surface area contributed by atoms with Crippen molar-refractivity contribution in [1.29, 1.82) is 0 Å². The van der Waals surface area contributed by atoms with Crippen LogP contribution in [-0.2, 0) is 6.42 Å². The van der Waals surface area contributed by atoms with E-state index in [0.717, 1.165) is 18.4 Å². The molecule has 2 rings (SSSR count). The lowest BCUT2D eigenvalue weighted by Gasteiger charge is -2.07. The van der Waals surface area contributed by atoms with Gasteiger partial charge in [0.2, 0.25) is 0 Å². The highest BCUT2D eigenvalue weighted by Gasteiger charge is 2.08. The molecule has 2 aromatic carbocycles. The molecule has 0 unspecified atom stereocenters. The maximum Gasteiger partial charge on any atom is 0.139 e. The van der Waals surface area contributed by atoms with Crippen molar-refractivity contribution in [1.82, 2.24) is 0 Å². The van der Waals surface area contributed by atoms with Crippen LogP contribution in [0.25, 0.3) is 11.1 Å². The van der Waals surface area contributed by atoms with Gasteiger partial charge in [-0.05, 0) is 42.7 Å². The molecular formula is C18H16F2. The third kappa shape index (κ3) is 3.05. The number of benzene rings is 2. The molecule has 0 saturated heterocycles. The van der Waals surface area contributed by atoms with Crippen molar-refractivity contribution < 1.29 is 8.78 Å². The molecule has 2 heteroatoms. The molecule has 0 heterocycles. The van der Waals surface area contributed by atoms with E-state index in [0.29, 0.717) is 16.7 Å². The van der Waals surface area contributed by atoms with E-state index >= 15 is 0 Å². The van der Waals surface area contributed by atoms with Crippen molar-refractivity contribution in [2.24, 2.45) is 0 Å². The van der Waals surface area contributed by atoms with Gasteiger partial charge < -0.3 is 0 Å². The second kappa shape index (κ2) is 6.34. The molecule has 0 spiro atoms. The zero-order valence-corrected chi connectivity index (χ0v) is 11.6. The number of hydrogen-bond acceptors (Lipinski definition) is 0. The summed E-state index contributed by atoms with van der Waals surface area (Å²) in [6.45, 7) is 3.70. The zero-order chi connectivity index (χ0) is 14.5. The number of rotatable bonds is 3. The van der Waals surface area contributed by atoms with Crippen LogP contribution in [0.2, 0.25) is 0 Å². The van der Waals surface area contributed by atoms with Crippen LogP contribution in [0.1, 0.15) is 31.4 Å². The molecule has 0 aliphatic heterocycles. The van der Waals surface area contributed by atoms with E-state index in [1.54, 1.807) is 25.1 Å². The Kier molecular flexibility index (Phi) is 4.53. The van der Waals surface area contributed by atoms with Gasteiger partial charge in [-0.25, -0.2) is 8.78 Å². The first-order chi connectivity index (χ1) is 9.65. The number of halogens is 2. The largest absolute Gasteiger partial charge is 0.206 e. The van der Waals surface area contributed by atoms with Gasteiger partial charge in [0.05, 0.1) is 5.56 Å². The first kappa shape index (κ1) is 14.3. The highest BCUT2D eigenvalue weighted by Crippen LogP contribution is 2.25. The third-order valence-corrected chi connectivity index (χ3v) is 3.11. The van der Waals surface area contributed by atoms with Crippen LogP contribution >= 0.6 is 0 Å².